The third-order valence-electron chi connectivity index (χ3n) is 1.56. The lowest BCUT2D eigenvalue weighted by Gasteiger charge is -2.07. The number of thiol groups is 1. The Kier molecular flexibility index (Phi) is 1.86. The fraction of sp³-hybridized carbons (Fsp3) is 0. The van der Waals surface area contributed by atoms with Crippen LogP contribution in [0.1, 0.15) is 0 Å². The molecule has 1 aromatic rings. The molecule has 1 unspecified atom stereocenters. The normalized spacial score (nSPS) is 23.0. The molecule has 1 aliphatic rings. The number of nitrogens with zero attached hydrogens (tertiary/aromatic N) is 2. The summed E-state index contributed by atoms with van der Waals surface area (Å²) in [4.78, 5) is 0.611. The summed E-state index contributed by atoms with van der Waals surface area (Å²) in [5.41, 5.74) is 0.600. The van der Waals surface area contributed by atoms with Crippen LogP contribution < -0.4 is 5.14 Å². The Morgan fingerprint density at radius 3 is 2.69 bits per heavy atom. The summed E-state index contributed by atoms with van der Waals surface area (Å²) in [6.45, 7) is 0. The Bertz CT molecular complexity index is 469. The predicted molar refractivity (Wildman–Crippen MR) is 51.3 cm³/mol. The molecule has 2 N–H and O–H groups in total. The topological polar surface area (TPSA) is 84.9 Å². The van der Waals surface area contributed by atoms with Crippen molar-refractivity contribution in [3.8, 4) is 0 Å². The van der Waals surface area contributed by atoms with Crippen molar-refractivity contribution in [2.45, 2.75) is 4.90 Å². The van der Waals surface area contributed by atoms with Crippen LogP contribution in [0.15, 0.2) is 38.8 Å². The van der Waals surface area contributed by atoms with Gasteiger partial charge in [-0.1, -0.05) is 12.1 Å². The van der Waals surface area contributed by atoms with Crippen molar-refractivity contribution in [1.29, 1.82) is 0 Å². The van der Waals surface area contributed by atoms with Crippen LogP contribution in [0.2, 0.25) is 0 Å². The van der Waals surface area contributed by atoms with Gasteiger partial charge in [-0.25, -0.2) is 13.6 Å². The van der Waals surface area contributed by atoms with Gasteiger partial charge >= 0.3 is 0 Å². The van der Waals surface area contributed by atoms with E-state index in [1.165, 1.54) is 0 Å². The van der Waals surface area contributed by atoms with Gasteiger partial charge in [0, 0.05) is 10.1 Å². The number of hydrogen-bond donors (Lipinski definition) is 2. The molecule has 0 aromatic heterocycles. The van der Waals surface area contributed by atoms with Crippen molar-refractivity contribution in [2.75, 3.05) is 0 Å². The minimum Gasteiger partial charge on any atom is -0.220 e. The van der Waals surface area contributed by atoms with Gasteiger partial charge in [-0.3, -0.25) is 0 Å². The molecule has 0 spiro atoms. The zero-order chi connectivity index (χ0) is 9.47. The molecule has 5 nitrogen and oxygen atoms in total. The molecule has 1 atom stereocenters. The van der Waals surface area contributed by atoms with Crippen molar-refractivity contribution in [1.82, 2.24) is 0 Å². The lowest BCUT2D eigenvalue weighted by atomic mass is 10.3. The van der Waals surface area contributed by atoms with Gasteiger partial charge in [-0.2, -0.15) is 0 Å². The first-order valence-electron chi connectivity index (χ1n) is 3.43. The first kappa shape index (κ1) is 8.67. The van der Waals surface area contributed by atoms with Crippen LogP contribution in [0.5, 0.6) is 0 Å². The zero-order valence-electron chi connectivity index (χ0n) is 6.45. The molecule has 0 fully saturated rings. The molecule has 7 heteroatoms. The minimum absolute atomic E-state index is 0.600. The SMILES string of the molecule is NS(=O)(=O)[SH]1N=Nc2ccccc21. The van der Waals surface area contributed by atoms with E-state index in [1.807, 2.05) is 0 Å². The molecule has 13 heavy (non-hydrogen) atoms. The Morgan fingerprint density at radius 2 is 2.00 bits per heavy atom. The van der Waals surface area contributed by atoms with Crippen molar-refractivity contribution in [3.63, 3.8) is 0 Å². The highest BCUT2D eigenvalue weighted by Gasteiger charge is 2.25. The predicted octanol–water partition coefficient (Wildman–Crippen LogP) is 1.26. The van der Waals surface area contributed by atoms with Gasteiger partial charge in [0.15, 0.2) is 0 Å². The molecule has 70 valence electrons. The highest BCUT2D eigenvalue weighted by atomic mass is 33.2. The van der Waals surface area contributed by atoms with Crippen LogP contribution in [-0.2, 0) is 9.06 Å². The van der Waals surface area contributed by atoms with Crippen LogP contribution in [0, 0.1) is 0 Å². The van der Waals surface area contributed by atoms with Crippen molar-refractivity contribution in [3.05, 3.63) is 24.3 Å². The highest BCUT2D eigenvalue weighted by molar-refractivity contribution is 8.79. The van der Waals surface area contributed by atoms with Crippen molar-refractivity contribution in [2.24, 2.45) is 14.8 Å². The summed E-state index contributed by atoms with van der Waals surface area (Å²) in [7, 11) is -5.31. The van der Waals surface area contributed by atoms with E-state index in [0.29, 0.717) is 10.6 Å². The van der Waals surface area contributed by atoms with E-state index < -0.39 is 19.2 Å². The van der Waals surface area contributed by atoms with E-state index in [4.69, 9.17) is 5.14 Å². The van der Waals surface area contributed by atoms with E-state index in [9.17, 15) is 8.42 Å². The highest BCUT2D eigenvalue weighted by Crippen LogP contribution is 2.52. The number of benzene rings is 1. The summed E-state index contributed by atoms with van der Waals surface area (Å²) in [6.07, 6.45) is 0. The molecule has 0 saturated heterocycles. The Labute approximate surface area is 77.6 Å². The molecule has 0 radical (unpaired) electrons. The van der Waals surface area contributed by atoms with Crippen LogP contribution in [0.25, 0.3) is 0 Å². The van der Waals surface area contributed by atoms with Gasteiger partial charge in [0.1, 0.15) is 5.69 Å². The fourth-order valence-corrected chi connectivity index (χ4v) is 3.91. The second-order valence-corrected chi connectivity index (χ2v) is 7.27. The van der Waals surface area contributed by atoms with E-state index >= 15 is 0 Å². The summed E-state index contributed by atoms with van der Waals surface area (Å²) < 4.78 is 25.7. The molecule has 1 aliphatic heterocycles. The Morgan fingerprint density at radius 1 is 1.31 bits per heavy atom. The lowest BCUT2D eigenvalue weighted by Crippen LogP contribution is -2.09. The maximum absolute atomic E-state index is 11.0. The van der Waals surface area contributed by atoms with E-state index in [-0.39, 0.29) is 0 Å². The summed E-state index contributed by atoms with van der Waals surface area (Å²) in [5, 5.41) is 8.74. The van der Waals surface area contributed by atoms with Gasteiger partial charge in [-0.05, 0) is 12.1 Å². The lowest BCUT2D eigenvalue weighted by molar-refractivity contribution is 0.611. The average molecular weight is 217 g/mol. The van der Waals surface area contributed by atoms with Crippen molar-refractivity contribution < 1.29 is 8.42 Å². The zero-order valence-corrected chi connectivity index (χ0v) is 8.16. The van der Waals surface area contributed by atoms with Crippen LogP contribution in [-0.4, -0.2) is 8.42 Å². The fourth-order valence-electron chi connectivity index (χ4n) is 1.04. The van der Waals surface area contributed by atoms with Gasteiger partial charge in [-0.15, -0.1) is 9.63 Å². The number of hydrogen-bond acceptors (Lipinski definition) is 4. The number of rotatable bonds is 1. The Hall–Kier alpha value is -0.920. The molecule has 0 amide bonds. The van der Waals surface area contributed by atoms with Gasteiger partial charge < -0.3 is 0 Å². The first-order valence-corrected chi connectivity index (χ1v) is 6.87. The maximum atomic E-state index is 11.0. The molecule has 1 aromatic carbocycles. The molecule has 0 bridgehead atoms. The average Bonchev–Trinajstić information content (AvgIpc) is 2.45. The molecular weight excluding hydrogens is 210 g/mol. The smallest absolute Gasteiger partial charge is 0.220 e. The molecular formula is C6H7N3O2S2. The molecule has 1 heterocycles. The van der Waals surface area contributed by atoms with E-state index in [0.717, 1.165) is 0 Å². The minimum atomic E-state index is -3.61. The molecule has 0 saturated carbocycles. The van der Waals surface area contributed by atoms with Crippen LogP contribution >= 0.6 is 10.1 Å². The largest absolute Gasteiger partial charge is 0.265 e. The molecule has 0 aliphatic carbocycles. The second-order valence-electron chi connectivity index (χ2n) is 2.47. The van der Waals surface area contributed by atoms with Gasteiger partial charge in [0.05, 0.1) is 4.90 Å². The van der Waals surface area contributed by atoms with E-state index in [1.54, 1.807) is 24.3 Å². The second kappa shape index (κ2) is 2.79. The maximum Gasteiger partial charge on any atom is 0.265 e. The third kappa shape index (κ3) is 1.45. The van der Waals surface area contributed by atoms with E-state index in [2.05, 4.69) is 9.63 Å². The first-order chi connectivity index (χ1) is 6.09. The monoisotopic (exact) mass is 217 g/mol. The standard InChI is InChI=1S/C6H7N3O2S2/c7-13(10,11)12-6-4-2-1-3-5(6)8-9-12/h1-4,12H,(H2,7,10,11). The van der Waals surface area contributed by atoms with Crippen molar-refractivity contribution >= 4 is 24.9 Å². The summed E-state index contributed by atoms with van der Waals surface area (Å²) >= 11 is 0. The van der Waals surface area contributed by atoms with Gasteiger partial charge in [0.2, 0.25) is 0 Å². The quantitative estimate of drug-likeness (QED) is 0.548. The Balaban J connectivity index is 2.57. The van der Waals surface area contributed by atoms with Crippen LogP contribution in [0.3, 0.4) is 0 Å². The summed E-state index contributed by atoms with van der Waals surface area (Å²) in [6, 6.07) is 6.92. The summed E-state index contributed by atoms with van der Waals surface area (Å²) in [5.74, 6) is 0. The number of nitrogens with two attached hydrogens (primary N) is 1. The van der Waals surface area contributed by atoms with Crippen LogP contribution in [0.4, 0.5) is 5.69 Å². The number of fused-ring (bicyclic) bond motifs is 1. The third-order valence-corrected chi connectivity index (χ3v) is 5.34. The molecule has 2 rings (SSSR count). The van der Waals surface area contributed by atoms with Gasteiger partial charge in [0.25, 0.3) is 9.06 Å².